The Kier molecular flexibility index (Phi) is 2.91. The third kappa shape index (κ3) is 1.90. The van der Waals surface area contributed by atoms with Crippen LogP contribution in [0.3, 0.4) is 0 Å². The predicted octanol–water partition coefficient (Wildman–Crippen LogP) is 2.39. The molecule has 1 aromatic rings. The fourth-order valence-electron chi connectivity index (χ4n) is 0.976. The third-order valence-corrected chi connectivity index (χ3v) is 2.13. The second-order valence-corrected chi connectivity index (χ2v) is 3.04. The van der Waals surface area contributed by atoms with E-state index in [0.29, 0.717) is 0 Å². The minimum atomic E-state index is -4.09. The Morgan fingerprint density at radius 2 is 2.13 bits per heavy atom. The lowest BCUT2D eigenvalue weighted by molar-refractivity contribution is -0.166. The molecule has 0 radical (unpaired) electrons. The molecule has 0 heterocycles. The van der Waals surface area contributed by atoms with Crippen LogP contribution < -0.4 is 0 Å². The molecule has 1 N–H and O–H groups in total. The van der Waals surface area contributed by atoms with E-state index < -0.39 is 22.5 Å². The Bertz CT molecular complexity index is 454. The number of hydrogen-bond acceptors (Lipinski definition) is 2. The zero-order valence-electron chi connectivity index (χ0n) is 7.17. The van der Waals surface area contributed by atoms with E-state index in [2.05, 4.69) is 0 Å². The summed E-state index contributed by atoms with van der Waals surface area (Å²) in [6.07, 6.45) is 0. The molecule has 0 unspecified atom stereocenters. The van der Waals surface area contributed by atoms with Crippen molar-refractivity contribution in [2.24, 2.45) is 0 Å². The van der Waals surface area contributed by atoms with Crippen molar-refractivity contribution in [1.29, 1.82) is 5.26 Å². The van der Waals surface area contributed by atoms with E-state index in [-0.39, 0.29) is 5.56 Å². The second-order valence-electron chi connectivity index (χ2n) is 2.66. The van der Waals surface area contributed by atoms with Crippen LogP contribution in [0.1, 0.15) is 11.1 Å². The van der Waals surface area contributed by atoms with Crippen molar-refractivity contribution in [3.8, 4) is 6.07 Å². The summed E-state index contributed by atoms with van der Waals surface area (Å²) in [7, 11) is 0. The molecule has 0 aliphatic carbocycles. The van der Waals surface area contributed by atoms with Crippen LogP contribution in [0.4, 0.5) is 8.78 Å². The Balaban J connectivity index is 3.40. The smallest absolute Gasteiger partial charge is 0.379 e. The van der Waals surface area contributed by atoms with Gasteiger partial charge in [0.2, 0.25) is 0 Å². The molecule has 78 valence electrons. The lowest BCUT2D eigenvalue weighted by atomic mass is 10.1. The molecule has 0 bridgehead atoms. The molecule has 15 heavy (non-hydrogen) atoms. The summed E-state index contributed by atoms with van der Waals surface area (Å²) in [5.74, 6) is -6.40. The highest BCUT2D eigenvalue weighted by molar-refractivity contribution is 6.32. The van der Waals surface area contributed by atoms with Crippen LogP contribution in [0.5, 0.6) is 0 Å². The zero-order chi connectivity index (χ0) is 11.6. The number of alkyl halides is 2. The number of aliphatic carboxylic acids is 1. The quantitative estimate of drug-likeness (QED) is 0.850. The monoisotopic (exact) mass is 231 g/mol. The van der Waals surface area contributed by atoms with Gasteiger partial charge in [-0.25, -0.2) is 4.79 Å². The number of carboxylic acid groups (broad SMARTS) is 1. The molecule has 0 atom stereocenters. The van der Waals surface area contributed by atoms with Gasteiger partial charge in [-0.15, -0.1) is 0 Å². The number of carboxylic acids is 1. The van der Waals surface area contributed by atoms with Crippen molar-refractivity contribution in [3.05, 3.63) is 34.3 Å². The van der Waals surface area contributed by atoms with Crippen molar-refractivity contribution < 1.29 is 18.7 Å². The minimum Gasteiger partial charge on any atom is -0.477 e. The van der Waals surface area contributed by atoms with Gasteiger partial charge in [0.15, 0.2) is 0 Å². The maximum absolute atomic E-state index is 13.1. The van der Waals surface area contributed by atoms with Crippen LogP contribution >= 0.6 is 11.6 Å². The van der Waals surface area contributed by atoms with Crippen LogP contribution in [-0.4, -0.2) is 11.1 Å². The normalized spacial score (nSPS) is 10.8. The standard InChI is InChI=1S/C9H4ClF2NO2/c10-7-5(4-13)2-1-3-6(7)9(11,12)8(14)15/h1-3H,(H,14,15). The topological polar surface area (TPSA) is 61.1 Å². The van der Waals surface area contributed by atoms with Gasteiger partial charge in [0, 0.05) is 0 Å². The Hall–Kier alpha value is -1.67. The maximum Gasteiger partial charge on any atom is 0.379 e. The Labute approximate surface area is 88.5 Å². The van der Waals surface area contributed by atoms with E-state index in [4.69, 9.17) is 22.0 Å². The summed E-state index contributed by atoms with van der Waals surface area (Å²) < 4.78 is 26.1. The first kappa shape index (κ1) is 11.4. The number of nitriles is 1. The first-order chi connectivity index (χ1) is 6.91. The Morgan fingerprint density at radius 1 is 1.53 bits per heavy atom. The SMILES string of the molecule is N#Cc1cccc(C(F)(F)C(=O)O)c1Cl. The lowest BCUT2D eigenvalue weighted by Crippen LogP contribution is -2.25. The summed E-state index contributed by atoms with van der Waals surface area (Å²) in [5.41, 5.74) is -1.06. The maximum atomic E-state index is 13.1. The molecule has 1 aromatic carbocycles. The summed E-state index contributed by atoms with van der Waals surface area (Å²) >= 11 is 5.47. The fourth-order valence-corrected chi connectivity index (χ4v) is 1.26. The molecule has 0 aliphatic heterocycles. The number of halogens is 3. The van der Waals surface area contributed by atoms with Crippen molar-refractivity contribution in [2.45, 2.75) is 5.92 Å². The van der Waals surface area contributed by atoms with E-state index in [9.17, 15) is 13.6 Å². The first-order valence-corrected chi connectivity index (χ1v) is 4.09. The van der Waals surface area contributed by atoms with Crippen molar-refractivity contribution in [3.63, 3.8) is 0 Å². The van der Waals surface area contributed by atoms with Gasteiger partial charge in [-0.05, 0) is 6.07 Å². The number of nitrogens with zero attached hydrogens (tertiary/aromatic N) is 1. The molecule has 1 rings (SSSR count). The number of benzene rings is 1. The van der Waals surface area contributed by atoms with Gasteiger partial charge in [-0.3, -0.25) is 0 Å². The van der Waals surface area contributed by atoms with Crippen LogP contribution in [0.25, 0.3) is 0 Å². The molecular formula is C9H4ClF2NO2. The van der Waals surface area contributed by atoms with Gasteiger partial charge < -0.3 is 5.11 Å². The van der Waals surface area contributed by atoms with E-state index in [1.165, 1.54) is 6.07 Å². The van der Waals surface area contributed by atoms with Gasteiger partial charge >= 0.3 is 11.9 Å². The highest BCUT2D eigenvalue weighted by Crippen LogP contribution is 2.35. The molecule has 0 aliphatic rings. The number of carbonyl (C=O) groups is 1. The molecule has 3 nitrogen and oxygen atoms in total. The molecule has 0 amide bonds. The largest absolute Gasteiger partial charge is 0.477 e. The van der Waals surface area contributed by atoms with E-state index >= 15 is 0 Å². The third-order valence-electron chi connectivity index (χ3n) is 1.73. The highest BCUT2D eigenvalue weighted by Gasteiger charge is 2.43. The molecule has 0 saturated carbocycles. The zero-order valence-corrected chi connectivity index (χ0v) is 7.92. The summed E-state index contributed by atoms with van der Waals surface area (Å²) in [6, 6.07) is 4.84. The van der Waals surface area contributed by atoms with Crippen LogP contribution in [0.15, 0.2) is 18.2 Å². The predicted molar refractivity (Wildman–Crippen MR) is 47.7 cm³/mol. The molecule has 0 aromatic heterocycles. The molecule has 0 fully saturated rings. The fraction of sp³-hybridized carbons (Fsp3) is 0.111. The van der Waals surface area contributed by atoms with Gasteiger partial charge in [0.1, 0.15) is 6.07 Å². The number of rotatable bonds is 2. The summed E-state index contributed by atoms with van der Waals surface area (Å²) in [6.45, 7) is 0. The summed E-state index contributed by atoms with van der Waals surface area (Å²) in [5, 5.41) is 16.3. The van der Waals surface area contributed by atoms with E-state index in [1.807, 2.05) is 0 Å². The summed E-state index contributed by atoms with van der Waals surface area (Å²) in [4.78, 5) is 10.3. The average Bonchev–Trinajstić information content (AvgIpc) is 2.17. The molecular weight excluding hydrogens is 228 g/mol. The first-order valence-electron chi connectivity index (χ1n) is 3.71. The van der Waals surface area contributed by atoms with Crippen molar-refractivity contribution in [1.82, 2.24) is 0 Å². The molecule has 0 spiro atoms. The van der Waals surface area contributed by atoms with Gasteiger partial charge in [-0.1, -0.05) is 23.7 Å². The molecule has 0 saturated heterocycles. The van der Waals surface area contributed by atoms with E-state index in [1.54, 1.807) is 6.07 Å². The van der Waals surface area contributed by atoms with Crippen LogP contribution in [0.2, 0.25) is 5.02 Å². The van der Waals surface area contributed by atoms with Crippen molar-refractivity contribution in [2.75, 3.05) is 0 Å². The molecule has 6 heteroatoms. The average molecular weight is 232 g/mol. The highest BCUT2D eigenvalue weighted by atomic mass is 35.5. The van der Waals surface area contributed by atoms with Gasteiger partial charge in [-0.2, -0.15) is 14.0 Å². The van der Waals surface area contributed by atoms with Gasteiger partial charge in [0.05, 0.1) is 16.1 Å². The van der Waals surface area contributed by atoms with Crippen LogP contribution in [-0.2, 0) is 10.7 Å². The van der Waals surface area contributed by atoms with Gasteiger partial charge in [0.25, 0.3) is 0 Å². The van der Waals surface area contributed by atoms with Crippen molar-refractivity contribution >= 4 is 17.6 Å². The Morgan fingerprint density at radius 3 is 2.60 bits per heavy atom. The second kappa shape index (κ2) is 3.83. The minimum absolute atomic E-state index is 0.185. The number of hydrogen-bond donors (Lipinski definition) is 1. The lowest BCUT2D eigenvalue weighted by Gasteiger charge is -2.13. The van der Waals surface area contributed by atoms with E-state index in [0.717, 1.165) is 12.1 Å². The van der Waals surface area contributed by atoms with Crippen LogP contribution in [0, 0.1) is 11.3 Å².